The Bertz CT molecular complexity index is 626. The Morgan fingerprint density at radius 2 is 1.86 bits per heavy atom. The highest BCUT2D eigenvalue weighted by atomic mass is 16.5. The summed E-state index contributed by atoms with van der Waals surface area (Å²) in [6, 6.07) is 17.1. The number of methoxy groups -OCH3 is 1. The molecule has 0 fully saturated rings. The molecular weight excluding hydrogens is 260 g/mol. The zero-order valence-electron chi connectivity index (χ0n) is 12.6. The van der Waals surface area contributed by atoms with Crippen LogP contribution in [0.3, 0.4) is 0 Å². The molecule has 2 aromatic rings. The summed E-state index contributed by atoms with van der Waals surface area (Å²) < 4.78 is 5.44. The minimum atomic E-state index is 0.0842. The molecule has 2 unspecified atom stereocenters. The van der Waals surface area contributed by atoms with Crippen molar-refractivity contribution in [3.8, 4) is 5.75 Å². The smallest absolute Gasteiger partial charge is 0.123 e. The Balaban J connectivity index is 1.77. The van der Waals surface area contributed by atoms with E-state index in [0.717, 1.165) is 18.7 Å². The minimum absolute atomic E-state index is 0.0842. The highest BCUT2D eigenvalue weighted by Gasteiger charge is 2.32. The van der Waals surface area contributed by atoms with Crippen LogP contribution in [0, 0.1) is 0 Å². The van der Waals surface area contributed by atoms with Crippen LogP contribution >= 0.6 is 0 Å². The van der Waals surface area contributed by atoms with Gasteiger partial charge in [-0.1, -0.05) is 42.5 Å². The first-order valence-corrected chi connectivity index (χ1v) is 7.36. The van der Waals surface area contributed by atoms with E-state index in [0.29, 0.717) is 6.04 Å². The largest absolute Gasteiger partial charge is 0.496 e. The molecule has 0 saturated carbocycles. The van der Waals surface area contributed by atoms with E-state index in [4.69, 9.17) is 10.5 Å². The number of benzene rings is 2. The lowest BCUT2D eigenvalue weighted by atomic mass is 10.1. The van der Waals surface area contributed by atoms with Crippen molar-refractivity contribution in [3.05, 3.63) is 65.2 Å². The molecule has 110 valence electrons. The molecule has 2 aromatic carbocycles. The van der Waals surface area contributed by atoms with Gasteiger partial charge in [-0.3, -0.25) is 4.90 Å². The van der Waals surface area contributed by atoms with Gasteiger partial charge in [0.25, 0.3) is 0 Å². The number of rotatable bonds is 4. The van der Waals surface area contributed by atoms with Gasteiger partial charge >= 0.3 is 0 Å². The van der Waals surface area contributed by atoms with Gasteiger partial charge in [0, 0.05) is 24.2 Å². The topological polar surface area (TPSA) is 38.5 Å². The summed E-state index contributed by atoms with van der Waals surface area (Å²) in [6.07, 6.45) is 1.02. The second-order valence-electron chi connectivity index (χ2n) is 5.72. The van der Waals surface area contributed by atoms with Crippen molar-refractivity contribution >= 4 is 0 Å². The van der Waals surface area contributed by atoms with Crippen molar-refractivity contribution in [2.45, 2.75) is 25.0 Å². The monoisotopic (exact) mass is 282 g/mol. The summed E-state index contributed by atoms with van der Waals surface area (Å²) in [4.78, 5) is 2.34. The van der Waals surface area contributed by atoms with Gasteiger partial charge in [-0.05, 0) is 30.7 Å². The molecule has 0 aliphatic heterocycles. The fourth-order valence-electron chi connectivity index (χ4n) is 3.25. The maximum atomic E-state index is 6.44. The van der Waals surface area contributed by atoms with Gasteiger partial charge in [-0.15, -0.1) is 0 Å². The molecule has 3 rings (SSSR count). The third-order valence-corrected chi connectivity index (χ3v) is 4.44. The molecule has 3 nitrogen and oxygen atoms in total. The van der Waals surface area contributed by atoms with Crippen LogP contribution in [-0.4, -0.2) is 25.1 Å². The first-order valence-electron chi connectivity index (χ1n) is 7.36. The van der Waals surface area contributed by atoms with Gasteiger partial charge in [0.2, 0.25) is 0 Å². The standard InChI is InChI=1S/C18H22N2O/c1-20(12-14-8-4-6-10-17(14)21-2)16-11-13-7-3-5-9-15(13)18(16)19/h3-10,16,18H,11-12,19H2,1-2H3. The van der Waals surface area contributed by atoms with E-state index >= 15 is 0 Å². The highest BCUT2D eigenvalue weighted by molar-refractivity contribution is 5.37. The third-order valence-electron chi connectivity index (χ3n) is 4.44. The average Bonchev–Trinajstić information content (AvgIpc) is 2.85. The van der Waals surface area contributed by atoms with E-state index < -0.39 is 0 Å². The Morgan fingerprint density at radius 3 is 2.62 bits per heavy atom. The van der Waals surface area contributed by atoms with Crippen LogP contribution in [0.1, 0.15) is 22.7 Å². The van der Waals surface area contributed by atoms with Crippen LogP contribution in [0.15, 0.2) is 48.5 Å². The number of para-hydroxylation sites is 1. The van der Waals surface area contributed by atoms with Crippen LogP contribution in [0.2, 0.25) is 0 Å². The summed E-state index contributed by atoms with van der Waals surface area (Å²) in [6.45, 7) is 0.844. The second kappa shape index (κ2) is 5.88. The van der Waals surface area contributed by atoms with E-state index in [2.05, 4.69) is 48.3 Å². The van der Waals surface area contributed by atoms with Crippen LogP contribution in [0.4, 0.5) is 0 Å². The van der Waals surface area contributed by atoms with E-state index in [1.165, 1.54) is 16.7 Å². The van der Waals surface area contributed by atoms with Gasteiger partial charge in [0.05, 0.1) is 7.11 Å². The van der Waals surface area contributed by atoms with Crippen molar-refractivity contribution in [2.75, 3.05) is 14.2 Å². The lowest BCUT2D eigenvalue weighted by molar-refractivity contribution is 0.212. The number of hydrogen-bond donors (Lipinski definition) is 1. The van der Waals surface area contributed by atoms with Gasteiger partial charge in [0.1, 0.15) is 5.75 Å². The molecule has 0 saturated heterocycles. The number of fused-ring (bicyclic) bond motifs is 1. The molecule has 2 N–H and O–H groups in total. The molecule has 21 heavy (non-hydrogen) atoms. The van der Waals surface area contributed by atoms with E-state index in [-0.39, 0.29) is 6.04 Å². The summed E-state index contributed by atoms with van der Waals surface area (Å²) in [7, 11) is 3.86. The lowest BCUT2D eigenvalue weighted by Gasteiger charge is -2.28. The molecule has 0 spiro atoms. The van der Waals surface area contributed by atoms with Gasteiger partial charge in [-0.25, -0.2) is 0 Å². The first kappa shape index (κ1) is 14.1. The summed E-state index contributed by atoms with van der Waals surface area (Å²) >= 11 is 0. The predicted octanol–water partition coefficient (Wildman–Crippen LogP) is 2.75. The number of hydrogen-bond acceptors (Lipinski definition) is 3. The number of nitrogens with two attached hydrogens (primary N) is 1. The van der Waals surface area contributed by atoms with Crippen molar-refractivity contribution in [1.82, 2.24) is 4.90 Å². The molecule has 2 atom stereocenters. The highest BCUT2D eigenvalue weighted by Crippen LogP contribution is 2.33. The van der Waals surface area contributed by atoms with Crippen molar-refractivity contribution in [2.24, 2.45) is 5.73 Å². The molecule has 0 aromatic heterocycles. The van der Waals surface area contributed by atoms with Crippen LogP contribution in [-0.2, 0) is 13.0 Å². The minimum Gasteiger partial charge on any atom is -0.496 e. The van der Waals surface area contributed by atoms with Crippen LogP contribution in [0.5, 0.6) is 5.75 Å². The molecule has 3 heteroatoms. The fourth-order valence-corrected chi connectivity index (χ4v) is 3.25. The quantitative estimate of drug-likeness (QED) is 0.937. The SMILES string of the molecule is COc1ccccc1CN(C)C1Cc2ccccc2C1N. The number of likely N-dealkylation sites (N-methyl/N-ethyl adjacent to an activating group) is 1. The van der Waals surface area contributed by atoms with Gasteiger partial charge < -0.3 is 10.5 Å². The molecule has 0 heterocycles. The van der Waals surface area contributed by atoms with Crippen LogP contribution in [0.25, 0.3) is 0 Å². The summed E-state index contributed by atoms with van der Waals surface area (Å²) in [5, 5.41) is 0. The molecule has 1 aliphatic carbocycles. The van der Waals surface area contributed by atoms with Crippen molar-refractivity contribution in [3.63, 3.8) is 0 Å². The lowest BCUT2D eigenvalue weighted by Crippen LogP contribution is -2.38. The zero-order valence-corrected chi connectivity index (χ0v) is 12.6. The molecule has 1 aliphatic rings. The summed E-state index contributed by atoms with van der Waals surface area (Å²) in [5.41, 5.74) is 10.3. The average molecular weight is 282 g/mol. The molecular formula is C18H22N2O. The Morgan fingerprint density at radius 1 is 1.14 bits per heavy atom. The van der Waals surface area contributed by atoms with Crippen molar-refractivity contribution < 1.29 is 4.74 Å². The van der Waals surface area contributed by atoms with Crippen molar-refractivity contribution in [1.29, 1.82) is 0 Å². The van der Waals surface area contributed by atoms with E-state index in [9.17, 15) is 0 Å². The summed E-state index contributed by atoms with van der Waals surface area (Å²) in [5.74, 6) is 0.938. The first-order chi connectivity index (χ1) is 10.2. The molecule has 0 amide bonds. The second-order valence-corrected chi connectivity index (χ2v) is 5.72. The normalized spacial score (nSPS) is 20.6. The predicted molar refractivity (Wildman–Crippen MR) is 85.3 cm³/mol. The zero-order chi connectivity index (χ0) is 14.8. The molecule has 0 bridgehead atoms. The maximum Gasteiger partial charge on any atom is 0.123 e. The molecule has 0 radical (unpaired) electrons. The Hall–Kier alpha value is -1.84. The maximum absolute atomic E-state index is 6.44. The fraction of sp³-hybridized carbons (Fsp3) is 0.333. The van der Waals surface area contributed by atoms with E-state index in [1.54, 1.807) is 7.11 Å². The third kappa shape index (κ3) is 2.67. The Kier molecular flexibility index (Phi) is 3.95. The number of nitrogens with zero attached hydrogens (tertiary/aromatic N) is 1. The number of ether oxygens (including phenoxy) is 1. The van der Waals surface area contributed by atoms with Gasteiger partial charge in [-0.2, -0.15) is 0 Å². The van der Waals surface area contributed by atoms with E-state index in [1.807, 2.05) is 12.1 Å². The van der Waals surface area contributed by atoms with Crippen LogP contribution < -0.4 is 10.5 Å². The Labute approximate surface area is 126 Å². The van der Waals surface area contributed by atoms with Gasteiger partial charge in [0.15, 0.2) is 0 Å².